The van der Waals surface area contributed by atoms with Gasteiger partial charge in [0.25, 0.3) is 18.9 Å². The van der Waals surface area contributed by atoms with E-state index in [0.29, 0.717) is 63.4 Å². The van der Waals surface area contributed by atoms with Gasteiger partial charge in [0.1, 0.15) is 11.5 Å². The molecule has 44 heavy (non-hydrogen) atoms. The van der Waals surface area contributed by atoms with Gasteiger partial charge in [0.15, 0.2) is 0 Å². The van der Waals surface area contributed by atoms with E-state index >= 15 is 0 Å². The number of hydrogen-bond donors (Lipinski definition) is 3. The molecule has 10 nitrogen and oxygen atoms in total. The van der Waals surface area contributed by atoms with E-state index in [1.165, 1.54) is 19.1 Å². The highest BCUT2D eigenvalue weighted by molar-refractivity contribution is 6.05. The van der Waals surface area contributed by atoms with Crippen molar-refractivity contribution in [2.24, 2.45) is 5.92 Å². The zero-order chi connectivity index (χ0) is 31.6. The van der Waals surface area contributed by atoms with Crippen molar-refractivity contribution in [3.05, 3.63) is 130 Å². The smallest absolute Gasteiger partial charge is 0.335 e. The fourth-order valence-corrected chi connectivity index (χ4v) is 4.43. The summed E-state index contributed by atoms with van der Waals surface area (Å²) in [6, 6.07) is 26.6. The molecule has 4 aromatic carbocycles. The van der Waals surface area contributed by atoms with Crippen molar-refractivity contribution in [3.63, 3.8) is 0 Å². The lowest BCUT2D eigenvalue weighted by Crippen LogP contribution is -2.31. The number of nitrogens with one attached hydrogen (secondary N) is 1. The zero-order valence-corrected chi connectivity index (χ0v) is 23.4. The molecule has 10 heteroatoms. The molecule has 0 saturated heterocycles. The Morgan fingerprint density at radius 2 is 0.955 bits per heavy atom. The highest BCUT2D eigenvalue weighted by Gasteiger charge is 2.19. The van der Waals surface area contributed by atoms with E-state index in [9.17, 15) is 29.1 Å². The largest absolute Gasteiger partial charge is 0.481 e. The highest BCUT2D eigenvalue weighted by Crippen LogP contribution is 2.38. The first-order valence-corrected chi connectivity index (χ1v) is 13.3. The van der Waals surface area contributed by atoms with Gasteiger partial charge in [-0.2, -0.15) is 0 Å². The molecule has 222 valence electrons. The van der Waals surface area contributed by atoms with Gasteiger partial charge >= 0.3 is 11.9 Å². The standard InChI is InChI=1S/C34H27NO9/c1-21(33(39)40)18-35-32(38)26-6-2-22(3-7-26)30(24-10-14-28(15-11-24)43-19-36)31(23-4-8-27(9-5-23)34(41)42)25-12-16-29(17-13-25)44-20-37/h2-17,19-21H,18H2,1H3,(H,35,38)(H,39,40)(H,41,42)/b31-30-/t21-/m0/s1. The van der Waals surface area contributed by atoms with Gasteiger partial charge in [0.05, 0.1) is 11.5 Å². The Hall–Kier alpha value is -6.03. The van der Waals surface area contributed by atoms with Gasteiger partial charge in [-0.3, -0.25) is 19.2 Å². The van der Waals surface area contributed by atoms with Crippen LogP contribution in [0.5, 0.6) is 11.5 Å². The summed E-state index contributed by atoms with van der Waals surface area (Å²) in [5.74, 6) is -2.62. The highest BCUT2D eigenvalue weighted by atomic mass is 16.5. The van der Waals surface area contributed by atoms with E-state index in [2.05, 4.69) is 5.32 Å². The van der Waals surface area contributed by atoms with Crippen LogP contribution >= 0.6 is 0 Å². The average molecular weight is 594 g/mol. The van der Waals surface area contributed by atoms with Crippen molar-refractivity contribution in [1.82, 2.24) is 5.32 Å². The summed E-state index contributed by atoms with van der Waals surface area (Å²) in [6.07, 6.45) is 0. The van der Waals surface area contributed by atoms with Crippen molar-refractivity contribution in [3.8, 4) is 11.5 Å². The van der Waals surface area contributed by atoms with Gasteiger partial charge in [-0.25, -0.2) is 4.79 Å². The lowest BCUT2D eigenvalue weighted by atomic mass is 9.85. The molecule has 0 aromatic heterocycles. The predicted molar refractivity (Wildman–Crippen MR) is 160 cm³/mol. The van der Waals surface area contributed by atoms with Crippen LogP contribution in [0.15, 0.2) is 97.1 Å². The Kier molecular flexibility index (Phi) is 10.0. The number of amides is 1. The minimum atomic E-state index is -1.07. The SMILES string of the molecule is C[C@@H](CNC(=O)c1ccc(/C(=C(/c2ccc(OC=O)cc2)c2ccc(C(=O)O)cc2)c2ccc(OC=O)cc2)cc1)C(=O)O. The Labute approximate surface area is 252 Å². The maximum atomic E-state index is 12.7. The first-order valence-electron chi connectivity index (χ1n) is 13.3. The normalized spacial score (nSPS) is 11.8. The number of aromatic carboxylic acids is 1. The van der Waals surface area contributed by atoms with Gasteiger partial charge in [-0.15, -0.1) is 0 Å². The quantitative estimate of drug-likeness (QED) is 0.145. The third-order valence-electron chi connectivity index (χ3n) is 6.75. The molecule has 1 atom stereocenters. The molecule has 3 N–H and O–H groups in total. The molecule has 0 aliphatic rings. The second-order valence-corrected chi connectivity index (χ2v) is 9.64. The maximum absolute atomic E-state index is 12.7. The minimum absolute atomic E-state index is 0.0312. The van der Waals surface area contributed by atoms with Crippen LogP contribution in [0.25, 0.3) is 11.1 Å². The van der Waals surface area contributed by atoms with Crippen LogP contribution in [0.1, 0.15) is 49.9 Å². The first-order chi connectivity index (χ1) is 21.2. The van der Waals surface area contributed by atoms with E-state index in [0.717, 1.165) is 0 Å². The molecule has 4 aromatic rings. The predicted octanol–water partition coefficient (Wildman–Crippen LogP) is 4.91. The summed E-state index contributed by atoms with van der Waals surface area (Å²) in [4.78, 5) is 57.2. The van der Waals surface area contributed by atoms with Crippen LogP contribution in [0, 0.1) is 5.92 Å². The third kappa shape index (κ3) is 7.42. The molecule has 0 aliphatic heterocycles. The van der Waals surface area contributed by atoms with E-state index in [1.54, 1.807) is 84.9 Å². The molecule has 0 aliphatic carbocycles. The second-order valence-electron chi connectivity index (χ2n) is 9.64. The van der Waals surface area contributed by atoms with Crippen LogP contribution in [-0.4, -0.2) is 47.5 Å². The molecular formula is C34H27NO9. The summed E-state index contributed by atoms with van der Waals surface area (Å²) < 4.78 is 9.93. The van der Waals surface area contributed by atoms with Crippen LogP contribution in [0.2, 0.25) is 0 Å². The van der Waals surface area contributed by atoms with Gasteiger partial charge in [0.2, 0.25) is 0 Å². The Balaban J connectivity index is 1.90. The number of carboxylic acid groups (broad SMARTS) is 2. The number of benzene rings is 4. The lowest BCUT2D eigenvalue weighted by Gasteiger charge is -2.19. The van der Waals surface area contributed by atoms with Crippen LogP contribution in [0.3, 0.4) is 0 Å². The van der Waals surface area contributed by atoms with Crippen molar-refractivity contribution >= 4 is 41.9 Å². The molecule has 0 bridgehead atoms. The van der Waals surface area contributed by atoms with Crippen molar-refractivity contribution in [2.45, 2.75) is 6.92 Å². The van der Waals surface area contributed by atoms with E-state index in [1.807, 2.05) is 0 Å². The van der Waals surface area contributed by atoms with E-state index in [4.69, 9.17) is 14.6 Å². The second kappa shape index (κ2) is 14.2. The average Bonchev–Trinajstić information content (AvgIpc) is 3.04. The molecule has 0 saturated carbocycles. The van der Waals surface area contributed by atoms with Crippen molar-refractivity contribution < 1.29 is 43.7 Å². The van der Waals surface area contributed by atoms with Crippen LogP contribution in [0.4, 0.5) is 0 Å². The summed E-state index contributed by atoms with van der Waals surface area (Å²) in [6.45, 7) is 2.11. The van der Waals surface area contributed by atoms with Crippen LogP contribution < -0.4 is 14.8 Å². The van der Waals surface area contributed by atoms with Crippen molar-refractivity contribution in [2.75, 3.05) is 6.54 Å². The fourth-order valence-electron chi connectivity index (χ4n) is 4.43. The summed E-state index contributed by atoms with van der Waals surface area (Å²) in [5, 5.41) is 21.2. The molecule has 4 rings (SSSR count). The van der Waals surface area contributed by atoms with Gasteiger partial charge in [-0.1, -0.05) is 55.5 Å². The summed E-state index contributed by atoms with van der Waals surface area (Å²) in [5.41, 5.74) is 4.59. The number of rotatable bonds is 13. The van der Waals surface area contributed by atoms with Crippen LogP contribution in [-0.2, 0) is 14.4 Å². The van der Waals surface area contributed by atoms with Crippen molar-refractivity contribution in [1.29, 1.82) is 0 Å². The Morgan fingerprint density at radius 3 is 1.30 bits per heavy atom. The molecule has 0 fully saturated rings. The Morgan fingerprint density at radius 1 is 0.614 bits per heavy atom. The molecule has 0 heterocycles. The molecule has 1 amide bonds. The molecular weight excluding hydrogens is 566 g/mol. The molecule has 0 spiro atoms. The summed E-state index contributed by atoms with van der Waals surface area (Å²) >= 11 is 0. The fraction of sp³-hybridized carbons (Fsp3) is 0.0882. The third-order valence-corrected chi connectivity index (χ3v) is 6.75. The maximum Gasteiger partial charge on any atom is 0.335 e. The number of carbonyl (C=O) groups excluding carboxylic acids is 3. The molecule has 0 unspecified atom stereocenters. The first kappa shape index (κ1) is 30.9. The number of aliphatic carboxylic acids is 1. The monoisotopic (exact) mass is 593 g/mol. The summed E-state index contributed by atoms with van der Waals surface area (Å²) in [7, 11) is 0. The number of ether oxygens (including phenoxy) is 2. The topological polar surface area (TPSA) is 156 Å². The van der Waals surface area contributed by atoms with E-state index in [-0.39, 0.29) is 12.1 Å². The number of carboxylic acids is 2. The lowest BCUT2D eigenvalue weighted by molar-refractivity contribution is -0.140. The van der Waals surface area contributed by atoms with E-state index < -0.39 is 23.8 Å². The van der Waals surface area contributed by atoms with Gasteiger partial charge in [-0.05, 0) is 81.9 Å². The zero-order valence-electron chi connectivity index (χ0n) is 23.4. The van der Waals surface area contributed by atoms with Gasteiger partial charge < -0.3 is 25.0 Å². The minimum Gasteiger partial charge on any atom is -0.481 e. The Bertz CT molecular complexity index is 1690. The number of carbonyl (C=O) groups is 5. The molecule has 0 radical (unpaired) electrons. The van der Waals surface area contributed by atoms with Gasteiger partial charge in [0, 0.05) is 12.1 Å². The number of hydrogen-bond acceptors (Lipinski definition) is 7.